The molecule has 3 N–H and O–H groups in total. The summed E-state index contributed by atoms with van der Waals surface area (Å²) in [7, 11) is 1.70. The number of carbonyl (C=O) groups is 4. The summed E-state index contributed by atoms with van der Waals surface area (Å²) < 4.78 is 0.881. The molecular weight excluding hydrogens is 612 g/mol. The van der Waals surface area contributed by atoms with Gasteiger partial charge in [-0.1, -0.05) is 52.3 Å². The van der Waals surface area contributed by atoms with Crippen molar-refractivity contribution in [2.24, 2.45) is 11.3 Å². The maximum atomic E-state index is 14.0. The molecule has 9 nitrogen and oxygen atoms in total. The van der Waals surface area contributed by atoms with E-state index in [9.17, 15) is 24.3 Å². The molecular formula is C33H37BrN4O5. The number of aromatic nitrogens is 1. The number of halogens is 1. The molecule has 3 aromatic rings. The van der Waals surface area contributed by atoms with E-state index >= 15 is 0 Å². The first-order valence-corrected chi connectivity index (χ1v) is 15.8. The number of carbonyl (C=O) groups excluding carboxylic acids is 4. The quantitative estimate of drug-likeness (QED) is 0.321. The van der Waals surface area contributed by atoms with E-state index in [1.54, 1.807) is 11.9 Å². The predicted molar refractivity (Wildman–Crippen MR) is 165 cm³/mol. The fourth-order valence-corrected chi connectivity index (χ4v) is 7.63. The molecule has 226 valence electrons. The van der Waals surface area contributed by atoms with Crippen LogP contribution >= 0.6 is 15.9 Å². The molecule has 7 rings (SSSR count). The van der Waals surface area contributed by atoms with Crippen LogP contribution in [-0.4, -0.2) is 75.2 Å². The van der Waals surface area contributed by atoms with E-state index in [1.807, 2.05) is 54.7 Å². The average molecular weight is 650 g/mol. The van der Waals surface area contributed by atoms with Crippen molar-refractivity contribution in [3.8, 4) is 0 Å². The average Bonchev–Trinajstić information content (AvgIpc) is 3.61. The number of aromatic amines is 1. The first kappa shape index (κ1) is 29.6. The summed E-state index contributed by atoms with van der Waals surface area (Å²) in [6, 6.07) is 13.6. The highest BCUT2D eigenvalue weighted by atomic mass is 79.9. The van der Waals surface area contributed by atoms with Gasteiger partial charge in [-0.05, 0) is 54.9 Å². The molecule has 2 aromatic carbocycles. The molecule has 0 radical (unpaired) electrons. The number of H-pyrrole nitrogens is 1. The minimum absolute atomic E-state index is 0.00161. The first-order valence-electron chi connectivity index (χ1n) is 15.0. The smallest absolute Gasteiger partial charge is 0.245 e. The molecule has 3 amide bonds. The van der Waals surface area contributed by atoms with Crippen LogP contribution in [0.3, 0.4) is 0 Å². The van der Waals surface area contributed by atoms with E-state index in [0.29, 0.717) is 31.7 Å². The summed E-state index contributed by atoms with van der Waals surface area (Å²) in [6.07, 6.45) is 4.33. The lowest BCUT2D eigenvalue weighted by Crippen LogP contribution is -2.58. The van der Waals surface area contributed by atoms with Crippen LogP contribution in [0, 0.1) is 11.3 Å². The molecule has 4 fully saturated rings. The summed E-state index contributed by atoms with van der Waals surface area (Å²) in [5.41, 5.74) is 1.64. The molecule has 0 spiro atoms. The van der Waals surface area contributed by atoms with E-state index in [4.69, 9.17) is 0 Å². The van der Waals surface area contributed by atoms with Crippen LogP contribution in [0.5, 0.6) is 0 Å². The van der Waals surface area contributed by atoms with Gasteiger partial charge in [-0.3, -0.25) is 19.2 Å². The Morgan fingerprint density at radius 3 is 2.58 bits per heavy atom. The number of ketones is 1. The van der Waals surface area contributed by atoms with Gasteiger partial charge < -0.3 is 25.2 Å². The number of likely N-dealkylation sites (tertiary alicyclic amines) is 1. The molecule has 43 heavy (non-hydrogen) atoms. The van der Waals surface area contributed by atoms with Crippen molar-refractivity contribution in [1.82, 2.24) is 20.1 Å². The summed E-state index contributed by atoms with van der Waals surface area (Å²) in [4.78, 5) is 61.1. The van der Waals surface area contributed by atoms with Crippen molar-refractivity contribution in [3.63, 3.8) is 0 Å². The molecule has 3 atom stereocenters. The maximum Gasteiger partial charge on any atom is 0.245 e. The number of nitrogens with zero attached hydrogens (tertiary/aromatic N) is 2. The van der Waals surface area contributed by atoms with E-state index in [1.165, 1.54) is 4.90 Å². The number of nitrogens with one attached hydrogen (secondary N) is 2. The Morgan fingerprint density at radius 1 is 1.12 bits per heavy atom. The van der Waals surface area contributed by atoms with Gasteiger partial charge in [0.2, 0.25) is 17.7 Å². The fraction of sp³-hybridized carbons (Fsp3) is 0.455. The number of Topliss-reactive ketones (excluding diaryl/α,β-unsaturated/α-hetero) is 1. The van der Waals surface area contributed by atoms with Gasteiger partial charge in [0.05, 0.1) is 6.10 Å². The number of β-amino-alcohol motifs (C(OH)–C–C–N with tert-alkyl or cyclic N) is 1. The number of aliphatic hydroxyl groups is 1. The summed E-state index contributed by atoms with van der Waals surface area (Å²) in [5.74, 6) is -0.814. The van der Waals surface area contributed by atoms with Gasteiger partial charge in [-0.25, -0.2) is 0 Å². The molecule has 1 saturated heterocycles. The lowest BCUT2D eigenvalue weighted by molar-refractivity contribution is -0.160. The number of likely N-dealkylation sites (N-methyl/N-ethyl adjacent to an activating group) is 1. The van der Waals surface area contributed by atoms with Gasteiger partial charge in [0.1, 0.15) is 23.3 Å². The Kier molecular flexibility index (Phi) is 8.17. The van der Waals surface area contributed by atoms with Gasteiger partial charge in [0, 0.05) is 61.0 Å². The maximum absolute atomic E-state index is 14.0. The normalized spacial score (nSPS) is 25.6. The molecule has 3 aliphatic carbocycles. The van der Waals surface area contributed by atoms with Gasteiger partial charge in [0.25, 0.3) is 0 Å². The fourth-order valence-electron chi connectivity index (χ4n) is 7.22. The van der Waals surface area contributed by atoms with E-state index < -0.39 is 29.5 Å². The molecule has 4 aliphatic rings. The number of aliphatic hydroxyl groups excluding tert-OH is 1. The molecule has 2 heterocycles. The number of benzene rings is 2. The lowest BCUT2D eigenvalue weighted by Gasteiger charge is -2.45. The summed E-state index contributed by atoms with van der Waals surface area (Å²) in [5, 5.41) is 14.5. The third-order valence-corrected chi connectivity index (χ3v) is 10.4. The first-order chi connectivity index (χ1) is 20.7. The van der Waals surface area contributed by atoms with Crippen LogP contribution in [-0.2, 0) is 32.1 Å². The monoisotopic (exact) mass is 648 g/mol. The van der Waals surface area contributed by atoms with Gasteiger partial charge in [-0.15, -0.1) is 0 Å². The van der Waals surface area contributed by atoms with Crippen molar-refractivity contribution in [1.29, 1.82) is 0 Å². The second-order valence-corrected chi connectivity index (χ2v) is 13.3. The number of fused-ring (bicyclic) bond motifs is 4. The van der Waals surface area contributed by atoms with Crippen molar-refractivity contribution in [3.05, 3.63) is 70.3 Å². The highest BCUT2D eigenvalue weighted by Crippen LogP contribution is 2.49. The molecule has 3 saturated carbocycles. The highest BCUT2D eigenvalue weighted by molar-refractivity contribution is 9.10. The lowest BCUT2D eigenvalue weighted by atomic mass is 9.59. The van der Waals surface area contributed by atoms with Crippen molar-refractivity contribution in [2.75, 3.05) is 13.6 Å². The zero-order chi connectivity index (χ0) is 30.3. The van der Waals surface area contributed by atoms with Gasteiger partial charge >= 0.3 is 0 Å². The molecule has 1 aromatic heterocycles. The van der Waals surface area contributed by atoms with Crippen LogP contribution in [0.1, 0.15) is 49.7 Å². The second kappa shape index (κ2) is 11.9. The largest absolute Gasteiger partial charge is 0.391 e. The standard InChI is InChI=1S/C33H37BrN4O5/c1-37(18-21-6-2-4-8-25(21)34)31(42)27(15-22-17-35-26-9-5-3-7-24(22)26)36-30(41)28-16-23(39)19-38(28)32(43)33-12-10-20(11-13-33)14-29(33)40/h2-9,17,20,23,27-28,35,39H,10-16,18-19H2,1H3,(H,36,41)/t20?,23-,27?,28?,33?/m1/s1. The topological polar surface area (TPSA) is 123 Å². The Hall–Kier alpha value is -3.50. The van der Waals surface area contributed by atoms with Crippen molar-refractivity contribution < 1.29 is 24.3 Å². The SMILES string of the molecule is CN(Cc1ccccc1Br)C(=O)C(Cc1c[nH]c2ccccc12)NC(=O)C1C[C@@H](O)CN1C(=O)C12CCC(CC1)CC2=O. The Morgan fingerprint density at radius 2 is 1.84 bits per heavy atom. The van der Waals surface area contributed by atoms with E-state index in [-0.39, 0.29) is 37.0 Å². The molecule has 2 unspecified atom stereocenters. The Labute approximate surface area is 259 Å². The predicted octanol–water partition coefficient (Wildman–Crippen LogP) is 3.73. The summed E-state index contributed by atoms with van der Waals surface area (Å²) in [6.45, 7) is 0.331. The minimum atomic E-state index is -1.10. The number of hydrogen-bond donors (Lipinski definition) is 3. The third-order valence-electron chi connectivity index (χ3n) is 9.67. The second-order valence-electron chi connectivity index (χ2n) is 12.4. The van der Waals surface area contributed by atoms with Crippen LogP contribution in [0.25, 0.3) is 10.9 Å². The zero-order valence-electron chi connectivity index (χ0n) is 24.2. The number of para-hydroxylation sites is 1. The zero-order valence-corrected chi connectivity index (χ0v) is 25.8. The molecule has 2 bridgehead atoms. The molecule has 10 heteroatoms. The number of amides is 3. The van der Waals surface area contributed by atoms with Crippen LogP contribution in [0.4, 0.5) is 0 Å². The van der Waals surface area contributed by atoms with Crippen molar-refractivity contribution >= 4 is 50.3 Å². The summed E-state index contributed by atoms with van der Waals surface area (Å²) >= 11 is 3.55. The van der Waals surface area contributed by atoms with Crippen LogP contribution in [0.2, 0.25) is 0 Å². The molecule has 1 aliphatic heterocycles. The van der Waals surface area contributed by atoms with Crippen molar-refractivity contribution in [2.45, 2.75) is 69.7 Å². The minimum Gasteiger partial charge on any atom is -0.391 e. The van der Waals surface area contributed by atoms with Crippen LogP contribution in [0.15, 0.2) is 59.2 Å². The van der Waals surface area contributed by atoms with Crippen LogP contribution < -0.4 is 5.32 Å². The Balaban J connectivity index is 1.25. The Bertz CT molecular complexity index is 1560. The van der Waals surface area contributed by atoms with E-state index in [2.05, 4.69) is 26.2 Å². The highest BCUT2D eigenvalue weighted by Gasteiger charge is 2.56. The van der Waals surface area contributed by atoms with Gasteiger partial charge in [0.15, 0.2) is 0 Å². The van der Waals surface area contributed by atoms with E-state index in [0.717, 1.165) is 39.3 Å². The third kappa shape index (κ3) is 5.62. The van der Waals surface area contributed by atoms with Gasteiger partial charge in [-0.2, -0.15) is 0 Å². The number of rotatable bonds is 8. The number of hydrogen-bond acceptors (Lipinski definition) is 5.